The Hall–Kier alpha value is -1.26. The number of hydrogen-bond donors (Lipinski definition) is 0. The van der Waals surface area contributed by atoms with Gasteiger partial charge in [-0.05, 0) is 31.5 Å². The fourth-order valence-electron chi connectivity index (χ4n) is 1.11. The van der Waals surface area contributed by atoms with Crippen LogP contribution in [-0.2, 0) is 0 Å². The van der Waals surface area contributed by atoms with Crippen LogP contribution in [0.4, 0.5) is 0 Å². The normalized spacial score (nSPS) is 9.07. The van der Waals surface area contributed by atoms with Crippen molar-refractivity contribution >= 4 is 17.4 Å². The molecule has 0 spiro atoms. The van der Waals surface area contributed by atoms with Crippen molar-refractivity contribution in [2.24, 2.45) is 0 Å². The van der Waals surface area contributed by atoms with Crippen LogP contribution in [0.3, 0.4) is 0 Å². The minimum absolute atomic E-state index is 0.0237. The first kappa shape index (κ1) is 10.8. The molecule has 0 fully saturated rings. The highest BCUT2D eigenvalue weighted by molar-refractivity contribution is 6.34. The number of ketones is 1. The molecule has 0 saturated heterocycles. The molecule has 14 heavy (non-hydrogen) atoms. The van der Waals surface area contributed by atoms with E-state index in [1.807, 2.05) is 13.0 Å². The molecule has 0 aromatic heterocycles. The number of aryl methyl sites for hydroxylation is 1. The maximum absolute atomic E-state index is 11.5. The average molecular weight is 207 g/mol. The van der Waals surface area contributed by atoms with Gasteiger partial charge in [-0.3, -0.25) is 4.79 Å². The van der Waals surface area contributed by atoms with Crippen LogP contribution in [0.25, 0.3) is 0 Å². The number of Topliss-reactive ketones (excluding diaryl/α,β-unsaturated/α-hetero) is 1. The molecule has 0 aliphatic carbocycles. The van der Waals surface area contributed by atoms with Gasteiger partial charge in [0.15, 0.2) is 5.78 Å². The van der Waals surface area contributed by atoms with Crippen LogP contribution in [0.15, 0.2) is 18.2 Å². The lowest BCUT2D eigenvalue weighted by molar-refractivity contribution is 0.0998. The Labute approximate surface area is 89.1 Å². The molecule has 0 atom stereocenters. The lowest BCUT2D eigenvalue weighted by Crippen LogP contribution is -1.98. The molecule has 0 N–H and O–H groups in total. The van der Waals surface area contributed by atoms with E-state index in [-0.39, 0.29) is 12.2 Å². The van der Waals surface area contributed by atoms with E-state index in [4.69, 9.17) is 11.6 Å². The Bertz CT molecular complexity index is 410. The molecule has 72 valence electrons. The summed E-state index contributed by atoms with van der Waals surface area (Å²) in [5, 5.41) is 0.507. The van der Waals surface area contributed by atoms with Crippen molar-refractivity contribution in [3.63, 3.8) is 0 Å². The third-order valence-corrected chi connectivity index (χ3v) is 2.16. The van der Waals surface area contributed by atoms with E-state index in [1.165, 1.54) is 0 Å². The fraction of sp³-hybridized carbons (Fsp3) is 0.250. The molecule has 0 saturated carbocycles. The lowest BCUT2D eigenvalue weighted by atomic mass is 10.1. The molecule has 1 nitrogen and oxygen atoms in total. The molecule has 0 amide bonds. The van der Waals surface area contributed by atoms with Gasteiger partial charge in [-0.25, -0.2) is 0 Å². The summed E-state index contributed by atoms with van der Waals surface area (Å²) >= 11 is 5.93. The van der Waals surface area contributed by atoms with Crippen molar-refractivity contribution in [3.05, 3.63) is 34.3 Å². The SMILES string of the molecule is CC#CCC(=O)c1ccc(C)cc1Cl. The summed E-state index contributed by atoms with van der Waals surface area (Å²) in [7, 11) is 0. The lowest BCUT2D eigenvalue weighted by Gasteiger charge is -2.01. The molecule has 0 aliphatic rings. The van der Waals surface area contributed by atoms with Crippen molar-refractivity contribution in [1.29, 1.82) is 0 Å². The van der Waals surface area contributed by atoms with Crippen LogP contribution in [0.5, 0.6) is 0 Å². The molecule has 0 radical (unpaired) electrons. The Morgan fingerprint density at radius 1 is 1.50 bits per heavy atom. The van der Waals surface area contributed by atoms with Crippen LogP contribution in [0, 0.1) is 18.8 Å². The maximum atomic E-state index is 11.5. The van der Waals surface area contributed by atoms with E-state index in [0.29, 0.717) is 10.6 Å². The number of carbonyl (C=O) groups excluding carboxylic acids is 1. The molecule has 0 heterocycles. The first-order valence-corrected chi connectivity index (χ1v) is 4.72. The monoisotopic (exact) mass is 206 g/mol. The largest absolute Gasteiger partial charge is 0.293 e. The van der Waals surface area contributed by atoms with Gasteiger partial charge in [0.1, 0.15) is 0 Å². The van der Waals surface area contributed by atoms with E-state index >= 15 is 0 Å². The Morgan fingerprint density at radius 2 is 2.21 bits per heavy atom. The Kier molecular flexibility index (Phi) is 3.73. The van der Waals surface area contributed by atoms with Gasteiger partial charge in [-0.2, -0.15) is 0 Å². The second kappa shape index (κ2) is 4.83. The van der Waals surface area contributed by atoms with E-state index in [0.717, 1.165) is 5.56 Å². The van der Waals surface area contributed by atoms with E-state index in [1.54, 1.807) is 19.1 Å². The van der Waals surface area contributed by atoms with Crippen molar-refractivity contribution in [2.75, 3.05) is 0 Å². The van der Waals surface area contributed by atoms with Gasteiger partial charge in [0, 0.05) is 5.56 Å². The highest BCUT2D eigenvalue weighted by Gasteiger charge is 2.08. The highest BCUT2D eigenvalue weighted by atomic mass is 35.5. The van der Waals surface area contributed by atoms with Crippen LogP contribution in [0.1, 0.15) is 29.3 Å². The number of rotatable bonds is 2. The van der Waals surface area contributed by atoms with E-state index < -0.39 is 0 Å². The smallest absolute Gasteiger partial charge is 0.176 e. The highest BCUT2D eigenvalue weighted by Crippen LogP contribution is 2.18. The second-order valence-corrected chi connectivity index (χ2v) is 3.42. The summed E-state index contributed by atoms with van der Waals surface area (Å²) < 4.78 is 0. The minimum atomic E-state index is -0.0237. The second-order valence-electron chi connectivity index (χ2n) is 3.01. The van der Waals surface area contributed by atoms with Gasteiger partial charge in [-0.1, -0.05) is 23.6 Å². The molecular formula is C12H11ClO. The molecule has 0 bridgehead atoms. The zero-order valence-electron chi connectivity index (χ0n) is 8.23. The number of carbonyl (C=O) groups is 1. The van der Waals surface area contributed by atoms with Gasteiger partial charge in [-0.15, -0.1) is 5.92 Å². The van der Waals surface area contributed by atoms with Crippen molar-refractivity contribution < 1.29 is 4.79 Å². The Balaban J connectivity index is 2.94. The third kappa shape index (κ3) is 2.61. The van der Waals surface area contributed by atoms with Gasteiger partial charge in [0.25, 0.3) is 0 Å². The summed E-state index contributed by atoms with van der Waals surface area (Å²) in [5.41, 5.74) is 1.60. The molecule has 1 aromatic rings. The number of hydrogen-bond acceptors (Lipinski definition) is 1. The van der Waals surface area contributed by atoms with Gasteiger partial charge in [0.05, 0.1) is 11.4 Å². The predicted molar refractivity (Wildman–Crippen MR) is 58.6 cm³/mol. The summed E-state index contributed by atoms with van der Waals surface area (Å²) in [6.07, 6.45) is 0.235. The van der Waals surface area contributed by atoms with Crippen LogP contribution in [0.2, 0.25) is 5.02 Å². The number of benzene rings is 1. The summed E-state index contributed by atoms with van der Waals surface area (Å²) in [6, 6.07) is 5.41. The Morgan fingerprint density at radius 3 is 2.79 bits per heavy atom. The third-order valence-electron chi connectivity index (χ3n) is 1.85. The fourth-order valence-corrected chi connectivity index (χ4v) is 1.45. The van der Waals surface area contributed by atoms with Crippen LogP contribution >= 0.6 is 11.6 Å². The van der Waals surface area contributed by atoms with Gasteiger partial charge < -0.3 is 0 Å². The number of halogens is 1. The van der Waals surface area contributed by atoms with Gasteiger partial charge >= 0.3 is 0 Å². The van der Waals surface area contributed by atoms with Crippen LogP contribution in [-0.4, -0.2) is 5.78 Å². The molecule has 1 aromatic carbocycles. The van der Waals surface area contributed by atoms with Gasteiger partial charge in [0.2, 0.25) is 0 Å². The predicted octanol–water partition coefficient (Wildman–Crippen LogP) is 3.24. The topological polar surface area (TPSA) is 17.1 Å². The molecule has 0 unspecified atom stereocenters. The molecule has 0 aliphatic heterocycles. The average Bonchev–Trinajstić information content (AvgIpc) is 2.14. The molecular weight excluding hydrogens is 196 g/mol. The quantitative estimate of drug-likeness (QED) is 0.536. The first-order chi connectivity index (χ1) is 6.65. The van der Waals surface area contributed by atoms with Crippen molar-refractivity contribution in [2.45, 2.75) is 20.3 Å². The zero-order chi connectivity index (χ0) is 10.6. The zero-order valence-corrected chi connectivity index (χ0v) is 8.98. The van der Waals surface area contributed by atoms with Crippen LogP contribution < -0.4 is 0 Å². The maximum Gasteiger partial charge on any atom is 0.176 e. The summed E-state index contributed by atoms with van der Waals surface area (Å²) in [4.78, 5) is 11.5. The minimum Gasteiger partial charge on any atom is -0.293 e. The van der Waals surface area contributed by atoms with Crippen molar-refractivity contribution in [3.8, 4) is 11.8 Å². The standard InChI is InChI=1S/C12H11ClO/c1-3-4-5-12(14)10-7-6-9(2)8-11(10)13/h6-8H,5H2,1-2H3. The van der Waals surface area contributed by atoms with Crippen molar-refractivity contribution in [1.82, 2.24) is 0 Å². The van der Waals surface area contributed by atoms with E-state index in [9.17, 15) is 4.79 Å². The summed E-state index contributed by atoms with van der Waals surface area (Å²) in [5.74, 6) is 5.39. The first-order valence-electron chi connectivity index (χ1n) is 4.34. The molecule has 2 heteroatoms. The van der Waals surface area contributed by atoms with E-state index in [2.05, 4.69) is 11.8 Å². The molecule has 1 rings (SSSR count). The summed E-state index contributed by atoms with van der Waals surface area (Å²) in [6.45, 7) is 3.65.